The van der Waals surface area contributed by atoms with Crippen LogP contribution in [0.5, 0.6) is 0 Å². The average Bonchev–Trinajstić information content (AvgIpc) is 3.73. The molecule has 1 saturated heterocycles. The second-order valence-corrected chi connectivity index (χ2v) is 11.8. The molecular formula is C22H23N9O8S3. The van der Waals surface area contributed by atoms with Crippen molar-refractivity contribution in [3.05, 3.63) is 34.5 Å². The zero-order valence-corrected chi connectivity index (χ0v) is 23.9. The van der Waals surface area contributed by atoms with Gasteiger partial charge in [-0.2, -0.15) is 0 Å². The quantitative estimate of drug-likeness (QED) is 0.0464. The fraction of sp³-hybridized carbons (Fsp3) is 0.364. The molecule has 1 aromatic rings. The van der Waals surface area contributed by atoms with E-state index in [0.29, 0.717) is 18.4 Å². The van der Waals surface area contributed by atoms with Crippen LogP contribution < -0.4 is 16.2 Å². The fourth-order valence-electron chi connectivity index (χ4n) is 4.21. The van der Waals surface area contributed by atoms with Crippen molar-refractivity contribution in [2.24, 2.45) is 10.3 Å². The van der Waals surface area contributed by atoms with Gasteiger partial charge in [0.2, 0.25) is 6.41 Å². The van der Waals surface area contributed by atoms with Gasteiger partial charge < -0.3 is 25.7 Å². The number of hydrogen-bond acceptors (Lipinski definition) is 15. The Morgan fingerprint density at radius 3 is 2.88 bits per heavy atom. The Labute approximate surface area is 249 Å². The summed E-state index contributed by atoms with van der Waals surface area (Å²) in [7, 11) is 0. The van der Waals surface area contributed by atoms with Crippen LogP contribution in [-0.4, -0.2) is 107 Å². The number of nitrogens with zero attached hydrogens (tertiary/aromatic N) is 6. The van der Waals surface area contributed by atoms with Crippen LogP contribution >= 0.6 is 35.0 Å². The van der Waals surface area contributed by atoms with Crippen LogP contribution in [0.1, 0.15) is 18.5 Å². The first-order valence-electron chi connectivity index (χ1n) is 12.2. The molecule has 1 fully saturated rings. The molecule has 17 nitrogen and oxygen atoms in total. The van der Waals surface area contributed by atoms with E-state index in [1.165, 1.54) is 33.0 Å². The number of fused-ring (bicyclic) bond motifs is 1. The molecule has 4 aliphatic rings. The molecule has 42 heavy (non-hydrogen) atoms. The van der Waals surface area contributed by atoms with Gasteiger partial charge in [0.1, 0.15) is 41.8 Å². The molecule has 3 aliphatic heterocycles. The summed E-state index contributed by atoms with van der Waals surface area (Å²) in [5.41, 5.74) is 2.93. The summed E-state index contributed by atoms with van der Waals surface area (Å²) in [5, 5.41) is 34.2. The lowest BCUT2D eigenvalue weighted by Gasteiger charge is -2.49. The number of carbonyl (C=O) groups excluding carboxylic acids is 3. The van der Waals surface area contributed by atoms with Gasteiger partial charge in [-0.15, -0.1) is 38.3 Å². The van der Waals surface area contributed by atoms with E-state index < -0.39 is 35.2 Å². The molecule has 1 aromatic heterocycles. The van der Waals surface area contributed by atoms with E-state index in [2.05, 4.69) is 31.4 Å². The Bertz CT molecular complexity index is 1410. The Morgan fingerprint density at radius 2 is 2.17 bits per heavy atom. The number of aliphatic carboxylic acids is 2. The molecule has 0 bridgehead atoms. The largest absolute Gasteiger partial charge is 0.480 e. The summed E-state index contributed by atoms with van der Waals surface area (Å²) in [5.74, 6) is -3.30. The van der Waals surface area contributed by atoms with Crippen molar-refractivity contribution in [1.82, 2.24) is 30.3 Å². The monoisotopic (exact) mass is 637 g/mol. The molecule has 4 heterocycles. The molecule has 5 N–H and O–H groups in total. The van der Waals surface area contributed by atoms with Crippen LogP contribution in [0.25, 0.3) is 0 Å². The SMILES string of the molecule is O=CNc1nc(/C(=N/OC2C=CCC2)C(=O)NC2C(=O)N3C(C(=O)O)=C(CSN4N=CN(CC(=O)O)N4)CS[C@H]23)cs1. The zero-order valence-electron chi connectivity index (χ0n) is 21.4. The average molecular weight is 638 g/mol. The van der Waals surface area contributed by atoms with E-state index in [0.717, 1.165) is 34.6 Å². The Hall–Kier alpha value is -4.14. The van der Waals surface area contributed by atoms with Crippen LogP contribution in [0.15, 0.2) is 39.1 Å². The Morgan fingerprint density at radius 1 is 1.33 bits per heavy atom. The number of hydrogen-bond donors (Lipinski definition) is 5. The van der Waals surface area contributed by atoms with Gasteiger partial charge in [0.25, 0.3) is 11.8 Å². The number of aromatic nitrogens is 1. The predicted octanol–water partition coefficient (Wildman–Crippen LogP) is -0.397. The number of rotatable bonds is 13. The highest BCUT2D eigenvalue weighted by atomic mass is 32.2. The summed E-state index contributed by atoms with van der Waals surface area (Å²) < 4.78 is 1.28. The zero-order chi connectivity index (χ0) is 29.8. The van der Waals surface area contributed by atoms with Crippen LogP contribution in [-0.2, 0) is 28.8 Å². The first kappa shape index (κ1) is 29.4. The van der Waals surface area contributed by atoms with Gasteiger partial charge in [-0.3, -0.25) is 29.1 Å². The third kappa shape index (κ3) is 6.35. The topological polar surface area (TPSA) is 218 Å². The van der Waals surface area contributed by atoms with Crippen molar-refractivity contribution in [3.63, 3.8) is 0 Å². The number of oxime groups is 1. The molecule has 2 unspecified atom stereocenters. The second kappa shape index (κ2) is 12.8. The van der Waals surface area contributed by atoms with E-state index >= 15 is 0 Å². The van der Waals surface area contributed by atoms with E-state index in [1.54, 1.807) is 0 Å². The van der Waals surface area contributed by atoms with Gasteiger partial charge in [-0.05, 0) is 36.4 Å². The number of carboxylic acid groups (broad SMARTS) is 2. The van der Waals surface area contributed by atoms with Crippen molar-refractivity contribution in [1.29, 1.82) is 0 Å². The number of amides is 3. The van der Waals surface area contributed by atoms with Crippen LogP contribution in [0, 0.1) is 0 Å². The molecule has 0 aromatic carbocycles. The summed E-state index contributed by atoms with van der Waals surface area (Å²) in [6.07, 6.45) is 6.65. The molecule has 0 saturated carbocycles. The van der Waals surface area contributed by atoms with Gasteiger partial charge in [0, 0.05) is 16.9 Å². The highest BCUT2D eigenvalue weighted by molar-refractivity contribution is 8.00. The standard InChI is InChI=1S/C22H23N9O8S3/c32-10-23-22-25-13(8-41-22)15(27-39-12-3-1-2-4-12)18(35)26-16-19(36)30-17(21(37)38)11(6-40-20(16)30)7-42-31-24-9-29(28-31)5-14(33)34/h1,3,8-10,12,16,20,28H,2,4-7H2,(H,26,35)(H,33,34)(H,37,38)(H,23,25,32)/b27-15-/t12?,16?,20-/m1/s1. The Kier molecular flexibility index (Phi) is 8.94. The van der Waals surface area contributed by atoms with Gasteiger partial charge in [0.15, 0.2) is 10.8 Å². The first-order chi connectivity index (χ1) is 20.2. The third-order valence-corrected chi connectivity index (χ3v) is 9.12. The third-order valence-electron chi connectivity index (χ3n) is 6.11. The maximum atomic E-state index is 13.3. The number of hydrazone groups is 1. The number of β-lactam (4-membered cyclic amide) rings is 1. The van der Waals surface area contributed by atoms with Crippen molar-refractivity contribution in [2.75, 3.05) is 23.4 Å². The summed E-state index contributed by atoms with van der Waals surface area (Å²) in [6.45, 7) is -0.327. The van der Waals surface area contributed by atoms with Crippen molar-refractivity contribution in [3.8, 4) is 0 Å². The minimum Gasteiger partial charge on any atom is -0.480 e. The maximum Gasteiger partial charge on any atom is 0.352 e. The first-order valence-corrected chi connectivity index (χ1v) is 15.1. The molecule has 3 atom stereocenters. The molecule has 0 spiro atoms. The van der Waals surface area contributed by atoms with Gasteiger partial charge in [-0.1, -0.05) is 11.2 Å². The number of thioether (sulfide) groups is 1. The smallest absolute Gasteiger partial charge is 0.352 e. The summed E-state index contributed by atoms with van der Waals surface area (Å²) in [4.78, 5) is 71.2. The van der Waals surface area contributed by atoms with Crippen molar-refractivity contribution in [2.45, 2.75) is 30.4 Å². The van der Waals surface area contributed by atoms with Gasteiger partial charge in [-0.25, -0.2) is 9.78 Å². The maximum absolute atomic E-state index is 13.3. The normalized spacial score (nSPS) is 23.1. The fourth-order valence-corrected chi connectivity index (χ4v) is 7.13. The summed E-state index contributed by atoms with van der Waals surface area (Å²) in [6, 6.07) is -1.02. The molecule has 5 rings (SSSR count). The van der Waals surface area contributed by atoms with E-state index in [1.807, 2.05) is 12.2 Å². The van der Waals surface area contributed by atoms with Crippen molar-refractivity contribution >= 4 is 82.4 Å². The molecule has 1 aliphatic carbocycles. The van der Waals surface area contributed by atoms with Gasteiger partial charge in [0.05, 0.1) is 0 Å². The molecule has 0 radical (unpaired) electrons. The number of allylic oxidation sites excluding steroid dienone is 1. The summed E-state index contributed by atoms with van der Waals surface area (Å²) >= 11 is 3.45. The predicted molar refractivity (Wildman–Crippen MR) is 152 cm³/mol. The number of nitrogens with one attached hydrogen (secondary N) is 3. The Balaban J connectivity index is 1.26. The molecule has 20 heteroatoms. The highest BCUT2D eigenvalue weighted by Gasteiger charge is 2.54. The minimum atomic E-state index is -1.29. The number of thiazole rings is 1. The van der Waals surface area contributed by atoms with E-state index in [9.17, 15) is 29.1 Å². The number of hydrazine groups is 2. The molecule has 3 amide bonds. The number of carbonyl (C=O) groups is 5. The minimum absolute atomic E-state index is 0.134. The highest BCUT2D eigenvalue weighted by Crippen LogP contribution is 2.41. The van der Waals surface area contributed by atoms with E-state index in [4.69, 9.17) is 9.94 Å². The lowest BCUT2D eigenvalue weighted by molar-refractivity contribution is -0.150. The lowest BCUT2D eigenvalue weighted by Crippen LogP contribution is -2.71. The van der Waals surface area contributed by atoms with Crippen LogP contribution in [0.3, 0.4) is 0 Å². The van der Waals surface area contributed by atoms with Crippen LogP contribution in [0.4, 0.5) is 5.13 Å². The lowest BCUT2D eigenvalue weighted by atomic mass is 10.0. The van der Waals surface area contributed by atoms with Crippen LogP contribution in [0.2, 0.25) is 0 Å². The van der Waals surface area contributed by atoms with Crippen molar-refractivity contribution < 1.29 is 39.0 Å². The van der Waals surface area contributed by atoms with E-state index in [-0.39, 0.29) is 46.4 Å². The number of anilines is 1. The molecule has 222 valence electrons. The number of carboxylic acids is 2. The molecular weight excluding hydrogens is 614 g/mol. The van der Waals surface area contributed by atoms with Gasteiger partial charge >= 0.3 is 11.9 Å². The second-order valence-electron chi connectivity index (χ2n) is 8.91.